The minimum Gasteiger partial charge on any atom is -0.478 e. The quantitative estimate of drug-likeness (QED) is 0.521. The van der Waals surface area contributed by atoms with E-state index in [0.29, 0.717) is 11.1 Å². The predicted octanol–water partition coefficient (Wildman–Crippen LogP) is 5.57. The van der Waals surface area contributed by atoms with E-state index < -0.39 is 11.9 Å². The molecule has 1 aromatic rings. The number of hydrogen-bond donors (Lipinski definition) is 2. The van der Waals surface area contributed by atoms with Crippen LogP contribution in [0.2, 0.25) is 0 Å². The van der Waals surface area contributed by atoms with E-state index >= 15 is 0 Å². The first-order valence-electron chi connectivity index (χ1n) is 8.23. The van der Waals surface area contributed by atoms with Crippen LogP contribution in [0.4, 0.5) is 0 Å². The van der Waals surface area contributed by atoms with Crippen LogP contribution >= 0.6 is 0 Å². The van der Waals surface area contributed by atoms with Crippen molar-refractivity contribution in [3.63, 3.8) is 0 Å². The molecule has 25 heavy (non-hydrogen) atoms. The lowest BCUT2D eigenvalue weighted by Crippen LogP contribution is -1.95. The molecule has 0 spiro atoms. The number of benzene rings is 1. The molecule has 0 bridgehead atoms. The van der Waals surface area contributed by atoms with Crippen LogP contribution in [-0.2, 0) is 9.59 Å². The van der Waals surface area contributed by atoms with Gasteiger partial charge in [0.15, 0.2) is 0 Å². The summed E-state index contributed by atoms with van der Waals surface area (Å²) in [6.07, 6.45) is 8.23. The van der Waals surface area contributed by atoms with Crippen LogP contribution in [0.1, 0.15) is 52.5 Å². The second-order valence-corrected chi connectivity index (χ2v) is 5.23. The highest BCUT2D eigenvalue weighted by atomic mass is 16.4. The number of allylic oxidation sites excluding steroid dienone is 2. The van der Waals surface area contributed by atoms with Gasteiger partial charge in [-0.15, -0.1) is 0 Å². The van der Waals surface area contributed by atoms with Gasteiger partial charge < -0.3 is 10.2 Å². The van der Waals surface area contributed by atoms with E-state index in [1.807, 2.05) is 36.4 Å². The van der Waals surface area contributed by atoms with Gasteiger partial charge in [0.05, 0.1) is 0 Å². The fourth-order valence-electron chi connectivity index (χ4n) is 1.32. The van der Waals surface area contributed by atoms with Gasteiger partial charge in [0, 0.05) is 11.1 Å². The van der Waals surface area contributed by atoms with E-state index in [1.165, 1.54) is 5.56 Å². The van der Waals surface area contributed by atoms with Crippen LogP contribution in [0.25, 0.3) is 6.08 Å². The third-order valence-corrected chi connectivity index (χ3v) is 3.15. The first kappa shape index (κ1) is 24.6. The van der Waals surface area contributed by atoms with Gasteiger partial charge in [0.2, 0.25) is 0 Å². The molecule has 1 rings (SSSR count). The fourth-order valence-corrected chi connectivity index (χ4v) is 1.32. The Kier molecular flexibility index (Phi) is 16.0. The van der Waals surface area contributed by atoms with Gasteiger partial charge in [0.25, 0.3) is 0 Å². The summed E-state index contributed by atoms with van der Waals surface area (Å²) in [4.78, 5) is 20.1. The van der Waals surface area contributed by atoms with Crippen molar-refractivity contribution < 1.29 is 19.8 Å². The normalized spacial score (nSPS) is 10.6. The monoisotopic (exact) mass is 346 g/mol. The Hall–Kier alpha value is -2.62. The smallest absolute Gasteiger partial charge is 0.330 e. The van der Waals surface area contributed by atoms with E-state index in [2.05, 4.69) is 13.5 Å². The van der Waals surface area contributed by atoms with E-state index in [9.17, 15) is 9.59 Å². The molecule has 0 aliphatic rings. The highest BCUT2D eigenvalue weighted by Crippen LogP contribution is 2.00. The highest BCUT2D eigenvalue weighted by molar-refractivity contribution is 5.86. The van der Waals surface area contributed by atoms with Crippen molar-refractivity contribution in [2.45, 2.75) is 47.0 Å². The molecule has 0 fully saturated rings. The molecule has 0 aromatic heterocycles. The highest BCUT2D eigenvalue weighted by Gasteiger charge is 1.96. The minimum absolute atomic E-state index is 0.389. The Morgan fingerprint density at radius 3 is 1.84 bits per heavy atom. The van der Waals surface area contributed by atoms with Gasteiger partial charge in [-0.05, 0) is 32.8 Å². The van der Waals surface area contributed by atoms with Crippen LogP contribution in [0.15, 0.2) is 60.2 Å². The Bertz CT molecular complexity index is 569. The van der Waals surface area contributed by atoms with Crippen molar-refractivity contribution in [2.75, 3.05) is 0 Å². The lowest BCUT2D eigenvalue weighted by atomic mass is 10.2. The molecule has 138 valence electrons. The standard InChI is InChI=1S/C8H14O2.C8H8.C5H8O2/c1-3-4-5-6-7(2)8(9)10;1-2-8-6-4-3-5-7-8;1-3-4(2)5(6)7/h6H,3-5H2,1-2H3,(H,9,10);2-7H,1H2;3H,1-2H3,(H,6,7). The SMILES string of the molecule is C=Cc1ccccc1.CC=C(C)C(=O)O.CCCCC=C(C)C(=O)O. The summed E-state index contributed by atoms with van der Waals surface area (Å²) in [5.41, 5.74) is 2.01. The first-order valence-corrected chi connectivity index (χ1v) is 8.23. The lowest BCUT2D eigenvalue weighted by molar-refractivity contribution is -0.133. The maximum atomic E-state index is 10.2. The molecule has 0 saturated carbocycles. The molecular formula is C21H30O4. The number of carboxylic acid groups (broad SMARTS) is 2. The largest absolute Gasteiger partial charge is 0.478 e. The Balaban J connectivity index is 0. The summed E-state index contributed by atoms with van der Waals surface area (Å²) >= 11 is 0. The van der Waals surface area contributed by atoms with Gasteiger partial charge in [-0.3, -0.25) is 0 Å². The van der Waals surface area contributed by atoms with Crippen molar-refractivity contribution in [3.05, 3.63) is 65.8 Å². The maximum absolute atomic E-state index is 10.2. The van der Waals surface area contributed by atoms with Crippen LogP contribution in [0, 0.1) is 0 Å². The van der Waals surface area contributed by atoms with E-state index in [1.54, 1.807) is 32.9 Å². The molecule has 4 heteroatoms. The molecule has 4 nitrogen and oxygen atoms in total. The van der Waals surface area contributed by atoms with Crippen molar-refractivity contribution in [1.29, 1.82) is 0 Å². The first-order chi connectivity index (χ1) is 11.8. The van der Waals surface area contributed by atoms with Crippen molar-refractivity contribution in [3.8, 4) is 0 Å². The number of carboxylic acids is 2. The molecular weight excluding hydrogens is 316 g/mol. The summed E-state index contributed by atoms with van der Waals surface area (Å²) in [5.74, 6) is -1.65. The average Bonchev–Trinajstić information content (AvgIpc) is 2.62. The summed E-state index contributed by atoms with van der Waals surface area (Å²) in [7, 11) is 0. The van der Waals surface area contributed by atoms with Crippen molar-refractivity contribution in [2.24, 2.45) is 0 Å². The van der Waals surface area contributed by atoms with Crippen molar-refractivity contribution in [1.82, 2.24) is 0 Å². The topological polar surface area (TPSA) is 74.6 Å². The van der Waals surface area contributed by atoms with E-state index in [0.717, 1.165) is 19.3 Å². The average molecular weight is 346 g/mol. The molecule has 0 saturated heterocycles. The van der Waals surface area contributed by atoms with Crippen LogP contribution < -0.4 is 0 Å². The van der Waals surface area contributed by atoms with Gasteiger partial charge in [0.1, 0.15) is 0 Å². The molecule has 0 aliphatic carbocycles. The number of unbranched alkanes of at least 4 members (excludes halogenated alkanes) is 2. The van der Waals surface area contributed by atoms with Crippen LogP contribution in [0.5, 0.6) is 0 Å². The zero-order valence-electron chi connectivity index (χ0n) is 15.7. The number of hydrogen-bond acceptors (Lipinski definition) is 2. The Labute approximate surface area is 151 Å². The molecule has 2 N–H and O–H groups in total. The zero-order chi connectivity index (χ0) is 19.7. The third-order valence-electron chi connectivity index (χ3n) is 3.15. The van der Waals surface area contributed by atoms with Gasteiger partial charge >= 0.3 is 11.9 Å². The molecule has 0 unspecified atom stereocenters. The molecule has 0 amide bonds. The second-order valence-electron chi connectivity index (χ2n) is 5.23. The van der Waals surface area contributed by atoms with Crippen LogP contribution in [0.3, 0.4) is 0 Å². The molecule has 0 atom stereocenters. The van der Waals surface area contributed by atoms with Gasteiger partial charge in [-0.25, -0.2) is 9.59 Å². The molecule has 0 heterocycles. The lowest BCUT2D eigenvalue weighted by Gasteiger charge is -1.91. The molecule has 1 aromatic carbocycles. The summed E-state index contributed by atoms with van der Waals surface area (Å²) in [6, 6.07) is 10.0. The van der Waals surface area contributed by atoms with E-state index in [-0.39, 0.29) is 0 Å². The summed E-state index contributed by atoms with van der Waals surface area (Å²) in [5, 5.41) is 16.5. The van der Waals surface area contributed by atoms with Gasteiger partial charge in [-0.2, -0.15) is 0 Å². The molecule has 0 aliphatic heterocycles. The molecule has 0 radical (unpaired) electrons. The minimum atomic E-state index is -0.845. The number of aliphatic carboxylic acids is 2. The van der Waals surface area contributed by atoms with Gasteiger partial charge in [-0.1, -0.05) is 74.9 Å². The van der Waals surface area contributed by atoms with E-state index in [4.69, 9.17) is 10.2 Å². The summed E-state index contributed by atoms with van der Waals surface area (Å²) < 4.78 is 0. The Morgan fingerprint density at radius 1 is 1.04 bits per heavy atom. The maximum Gasteiger partial charge on any atom is 0.330 e. The fraction of sp³-hybridized carbons (Fsp3) is 0.333. The summed E-state index contributed by atoms with van der Waals surface area (Å²) in [6.45, 7) is 10.6. The Morgan fingerprint density at radius 2 is 1.56 bits per heavy atom. The predicted molar refractivity (Wildman–Crippen MR) is 105 cm³/mol. The zero-order valence-corrected chi connectivity index (χ0v) is 15.7. The van der Waals surface area contributed by atoms with Crippen LogP contribution in [-0.4, -0.2) is 22.2 Å². The third kappa shape index (κ3) is 16.0. The number of carbonyl (C=O) groups is 2. The second kappa shape index (κ2) is 16.2. The van der Waals surface area contributed by atoms with Crippen molar-refractivity contribution >= 4 is 18.0 Å². The number of rotatable bonds is 6.